The van der Waals surface area contributed by atoms with Crippen molar-refractivity contribution in [1.82, 2.24) is 35.1 Å². The molecule has 0 bridgehead atoms. The van der Waals surface area contributed by atoms with E-state index in [1.54, 1.807) is 12.3 Å². The fraction of sp³-hybridized carbons (Fsp3) is 0.350. The van der Waals surface area contributed by atoms with Crippen molar-refractivity contribution in [3.05, 3.63) is 84.6 Å². The number of ether oxygens (including phenoxy) is 1. The zero-order valence-corrected chi connectivity index (χ0v) is 29.7. The van der Waals surface area contributed by atoms with Gasteiger partial charge in [-0.3, -0.25) is 14.7 Å². The van der Waals surface area contributed by atoms with Gasteiger partial charge in [-0.1, -0.05) is 31.4 Å². The molecule has 0 spiro atoms. The molecule has 14 heteroatoms. The predicted octanol–water partition coefficient (Wildman–Crippen LogP) is 6.26. The summed E-state index contributed by atoms with van der Waals surface area (Å²) >= 11 is 0. The Morgan fingerprint density at radius 3 is 2.74 bits per heavy atom. The molecule has 1 saturated heterocycles. The maximum atomic E-state index is 17.0. The van der Waals surface area contributed by atoms with Crippen molar-refractivity contribution in [2.45, 2.75) is 57.3 Å². The topological polar surface area (TPSA) is 138 Å². The maximum Gasteiger partial charge on any atom is 0.319 e. The zero-order valence-electron chi connectivity index (χ0n) is 29.7. The Bertz CT molecular complexity index is 2280. The summed E-state index contributed by atoms with van der Waals surface area (Å²) in [4.78, 5) is 35.9. The lowest BCUT2D eigenvalue weighted by Gasteiger charge is -2.34. The number of amides is 1. The number of carbonyl (C=O) groups excluding carboxylic acids is 1. The van der Waals surface area contributed by atoms with Crippen LogP contribution < -0.4 is 15.4 Å². The number of aromatic nitrogens is 5. The van der Waals surface area contributed by atoms with E-state index in [1.807, 2.05) is 11.8 Å². The van der Waals surface area contributed by atoms with Crippen LogP contribution in [0.25, 0.3) is 32.9 Å². The van der Waals surface area contributed by atoms with Gasteiger partial charge in [0.15, 0.2) is 5.82 Å². The number of alkyl halides is 1. The van der Waals surface area contributed by atoms with Crippen LogP contribution in [0.3, 0.4) is 0 Å². The first-order valence-corrected chi connectivity index (χ1v) is 17.7. The molecule has 3 N–H and O–H groups in total. The molecule has 1 saturated carbocycles. The van der Waals surface area contributed by atoms with Gasteiger partial charge in [-0.15, -0.1) is 6.42 Å². The van der Waals surface area contributed by atoms with E-state index in [9.17, 15) is 18.7 Å². The number of nitrogens with zero attached hydrogens (tertiary/aromatic N) is 6. The molecule has 0 unspecified atom stereocenters. The van der Waals surface area contributed by atoms with Crippen LogP contribution in [0.2, 0.25) is 0 Å². The average Bonchev–Trinajstić information content (AvgIpc) is 3.75. The quantitative estimate of drug-likeness (QED) is 0.0995. The molecule has 2 aromatic carbocycles. The van der Waals surface area contributed by atoms with Crippen molar-refractivity contribution in [2.24, 2.45) is 5.41 Å². The predicted molar refractivity (Wildman–Crippen MR) is 198 cm³/mol. The number of pyridine rings is 1. The molecule has 2 fully saturated rings. The van der Waals surface area contributed by atoms with Gasteiger partial charge in [0.1, 0.15) is 47.7 Å². The van der Waals surface area contributed by atoms with Gasteiger partial charge in [-0.2, -0.15) is 9.97 Å². The lowest BCUT2D eigenvalue weighted by atomic mass is 9.86. The first-order valence-electron chi connectivity index (χ1n) is 17.7. The van der Waals surface area contributed by atoms with Gasteiger partial charge in [-0.05, 0) is 55.5 Å². The number of hydrogen-bond donors (Lipinski definition) is 3. The molecule has 1 aliphatic heterocycles. The van der Waals surface area contributed by atoms with E-state index in [4.69, 9.17) is 11.2 Å². The number of phenols is 1. The van der Waals surface area contributed by atoms with Crippen LogP contribution in [0.1, 0.15) is 50.3 Å². The van der Waals surface area contributed by atoms with Gasteiger partial charge in [0, 0.05) is 61.4 Å². The van der Waals surface area contributed by atoms with E-state index in [2.05, 4.69) is 48.1 Å². The SMILES string of the molecule is C#Cc1c(F)ccc2cc(O)cc(-c3ncc4c(NCC5(CNC(=O)C=C)CCCC5)nc(OC[C@]5(C)C[C@@H](F)CN5Cc5ccncn5)nc4c3F)c12. The van der Waals surface area contributed by atoms with Crippen molar-refractivity contribution in [1.29, 1.82) is 0 Å². The first kappa shape index (κ1) is 36.5. The summed E-state index contributed by atoms with van der Waals surface area (Å²) in [5.74, 6) is 0.550. The van der Waals surface area contributed by atoms with Crippen molar-refractivity contribution < 1.29 is 27.8 Å². The molecule has 1 amide bonds. The molecular formula is C40H39F3N8O3. The monoisotopic (exact) mass is 736 g/mol. The van der Waals surface area contributed by atoms with Gasteiger partial charge in [0.25, 0.3) is 0 Å². The number of aromatic hydroxyl groups is 1. The van der Waals surface area contributed by atoms with Gasteiger partial charge in [-0.25, -0.2) is 23.1 Å². The van der Waals surface area contributed by atoms with E-state index in [1.165, 1.54) is 42.9 Å². The van der Waals surface area contributed by atoms with E-state index in [0.717, 1.165) is 31.4 Å². The van der Waals surface area contributed by atoms with Crippen molar-refractivity contribution in [2.75, 3.05) is 31.6 Å². The normalized spacial score (nSPS) is 19.5. The Morgan fingerprint density at radius 2 is 2.00 bits per heavy atom. The number of anilines is 1. The second-order valence-electron chi connectivity index (χ2n) is 14.3. The summed E-state index contributed by atoms with van der Waals surface area (Å²) in [5, 5.41) is 17.7. The van der Waals surface area contributed by atoms with Gasteiger partial charge < -0.3 is 20.5 Å². The zero-order chi connectivity index (χ0) is 38.0. The van der Waals surface area contributed by atoms with Crippen LogP contribution in [-0.4, -0.2) is 78.8 Å². The second-order valence-corrected chi connectivity index (χ2v) is 14.3. The summed E-state index contributed by atoms with van der Waals surface area (Å²) < 4.78 is 53.1. The average molecular weight is 737 g/mol. The third-order valence-electron chi connectivity index (χ3n) is 10.6. The molecule has 2 atom stereocenters. The fourth-order valence-electron chi connectivity index (χ4n) is 7.70. The maximum absolute atomic E-state index is 17.0. The van der Waals surface area contributed by atoms with Gasteiger partial charge in [0.2, 0.25) is 5.91 Å². The fourth-order valence-corrected chi connectivity index (χ4v) is 7.70. The summed E-state index contributed by atoms with van der Waals surface area (Å²) in [7, 11) is 0. The second kappa shape index (κ2) is 14.9. The molecule has 4 heterocycles. The Morgan fingerprint density at radius 1 is 1.19 bits per heavy atom. The Kier molecular flexibility index (Phi) is 10.1. The van der Waals surface area contributed by atoms with Gasteiger partial charge >= 0.3 is 6.01 Å². The lowest BCUT2D eigenvalue weighted by molar-refractivity contribution is -0.116. The van der Waals surface area contributed by atoms with Crippen LogP contribution in [-0.2, 0) is 11.3 Å². The number of benzene rings is 2. The Balaban J connectivity index is 1.29. The summed E-state index contributed by atoms with van der Waals surface area (Å²) in [6, 6.07) is 6.92. The van der Waals surface area contributed by atoms with Crippen LogP contribution >= 0.6 is 0 Å². The molecule has 5 aromatic rings. The number of hydrogen-bond acceptors (Lipinski definition) is 10. The molecule has 11 nitrogen and oxygen atoms in total. The third kappa shape index (κ3) is 7.23. The van der Waals surface area contributed by atoms with Crippen LogP contribution in [0.15, 0.2) is 61.7 Å². The Hall–Kier alpha value is -5.81. The number of rotatable bonds is 12. The highest BCUT2D eigenvalue weighted by atomic mass is 19.1. The number of likely N-dealkylation sites (tertiary alicyclic amines) is 1. The summed E-state index contributed by atoms with van der Waals surface area (Å²) in [5.41, 5.74) is -0.785. The largest absolute Gasteiger partial charge is 0.508 e. The molecule has 3 aromatic heterocycles. The van der Waals surface area contributed by atoms with Gasteiger partial charge in [0.05, 0.1) is 22.2 Å². The minimum absolute atomic E-state index is 0.0253. The van der Waals surface area contributed by atoms with E-state index >= 15 is 4.39 Å². The van der Waals surface area contributed by atoms with E-state index < -0.39 is 23.3 Å². The molecule has 2 aliphatic rings. The highest BCUT2D eigenvalue weighted by molar-refractivity contribution is 6.03. The molecule has 278 valence electrons. The minimum atomic E-state index is -1.11. The van der Waals surface area contributed by atoms with Crippen molar-refractivity contribution in [3.8, 4) is 35.4 Å². The molecule has 1 aliphatic carbocycles. The number of nitrogens with one attached hydrogen (secondary N) is 2. The van der Waals surface area contributed by atoms with Crippen LogP contribution in [0, 0.1) is 29.4 Å². The molecule has 0 radical (unpaired) electrons. The first-order chi connectivity index (χ1) is 26.0. The number of carbonyl (C=O) groups is 1. The highest BCUT2D eigenvalue weighted by Gasteiger charge is 2.43. The highest BCUT2D eigenvalue weighted by Crippen LogP contribution is 2.41. The number of terminal acetylenes is 1. The third-order valence-corrected chi connectivity index (χ3v) is 10.6. The van der Waals surface area contributed by atoms with Crippen LogP contribution in [0.5, 0.6) is 11.8 Å². The summed E-state index contributed by atoms with van der Waals surface area (Å²) in [6.45, 7) is 6.72. The minimum Gasteiger partial charge on any atom is -0.508 e. The molecular weight excluding hydrogens is 697 g/mol. The van der Waals surface area contributed by atoms with Crippen molar-refractivity contribution >= 4 is 33.4 Å². The number of fused-ring (bicyclic) bond motifs is 2. The Labute approximate surface area is 310 Å². The standard InChI is InChI=1S/C40H39F3N8O3/c1-4-28-31(42)9-8-24-14-27(52)15-29(33(24)28)35-34(43)36-30(17-45-35)37(47-21-40(11-6-7-12-40)20-46-32(53)5-2)50-38(49-36)54-22-39(3)16-25(41)18-51(39)19-26-10-13-44-23-48-26/h1,5,8-10,13-15,17,23,25,52H,2,6-7,11-12,16,18-22H2,3H3,(H,46,53)(H,47,49,50)/t25-,39+/m1/s1. The number of phenolic OH excluding ortho intramolecular Hbond substituents is 1. The van der Waals surface area contributed by atoms with E-state index in [-0.39, 0.29) is 81.6 Å². The molecule has 7 rings (SSSR count). The lowest BCUT2D eigenvalue weighted by Crippen LogP contribution is -2.45. The molecule has 54 heavy (non-hydrogen) atoms. The smallest absolute Gasteiger partial charge is 0.319 e. The van der Waals surface area contributed by atoms with E-state index in [0.29, 0.717) is 25.0 Å². The van der Waals surface area contributed by atoms with Crippen LogP contribution in [0.4, 0.5) is 19.0 Å². The summed E-state index contributed by atoms with van der Waals surface area (Å²) in [6.07, 6.45) is 14.1. The van der Waals surface area contributed by atoms with Crippen molar-refractivity contribution in [3.63, 3.8) is 0 Å². The number of halogens is 3.